The fraction of sp³-hybridized carbons (Fsp3) is 0.933. The molecule has 0 amide bonds. The molecule has 1 atom stereocenters. The van der Waals surface area contributed by atoms with E-state index < -0.39 is 5.54 Å². The lowest BCUT2D eigenvalue weighted by Crippen LogP contribution is -2.62. The molecular formula is C15H28N2O3. The van der Waals surface area contributed by atoms with Gasteiger partial charge in [0.25, 0.3) is 0 Å². The van der Waals surface area contributed by atoms with Crippen molar-refractivity contribution in [3.05, 3.63) is 0 Å². The van der Waals surface area contributed by atoms with E-state index in [1.54, 1.807) is 0 Å². The van der Waals surface area contributed by atoms with Gasteiger partial charge in [-0.3, -0.25) is 4.90 Å². The highest BCUT2D eigenvalue weighted by Gasteiger charge is 2.52. The Morgan fingerprint density at radius 1 is 1.35 bits per heavy atom. The van der Waals surface area contributed by atoms with Crippen LogP contribution in [0.15, 0.2) is 0 Å². The quantitative estimate of drug-likeness (QED) is 0.675. The summed E-state index contributed by atoms with van der Waals surface area (Å²) in [6.07, 6.45) is 3.27. The van der Waals surface area contributed by atoms with Gasteiger partial charge in [0.2, 0.25) is 0 Å². The average molecular weight is 284 g/mol. The van der Waals surface area contributed by atoms with Gasteiger partial charge in [-0.2, -0.15) is 0 Å². The van der Waals surface area contributed by atoms with Crippen LogP contribution in [0.2, 0.25) is 0 Å². The van der Waals surface area contributed by atoms with E-state index in [2.05, 4.69) is 17.1 Å². The number of carbonyl (C=O) groups excluding carboxylic acids is 1. The molecule has 2 aliphatic rings. The molecule has 0 aromatic rings. The molecule has 0 aromatic carbocycles. The van der Waals surface area contributed by atoms with E-state index in [1.807, 2.05) is 6.92 Å². The van der Waals surface area contributed by atoms with E-state index in [0.717, 1.165) is 58.7 Å². The summed E-state index contributed by atoms with van der Waals surface area (Å²) < 4.78 is 10.8. The molecule has 1 saturated carbocycles. The summed E-state index contributed by atoms with van der Waals surface area (Å²) in [5.74, 6) is 0.360. The van der Waals surface area contributed by atoms with Gasteiger partial charge in [-0.1, -0.05) is 6.92 Å². The van der Waals surface area contributed by atoms with Gasteiger partial charge >= 0.3 is 5.97 Å². The first-order valence-electron chi connectivity index (χ1n) is 7.95. The van der Waals surface area contributed by atoms with Crippen LogP contribution in [0.25, 0.3) is 0 Å². The van der Waals surface area contributed by atoms with E-state index in [-0.39, 0.29) is 5.97 Å². The zero-order chi connectivity index (χ0) is 14.4. The molecule has 1 N–H and O–H groups in total. The van der Waals surface area contributed by atoms with Gasteiger partial charge < -0.3 is 14.8 Å². The number of nitrogens with zero attached hydrogens (tertiary/aromatic N) is 1. The van der Waals surface area contributed by atoms with Crippen LogP contribution in [-0.4, -0.2) is 62.4 Å². The molecule has 0 spiro atoms. The maximum atomic E-state index is 12.6. The summed E-state index contributed by atoms with van der Waals surface area (Å²) in [6, 6.07) is 0. The fourth-order valence-corrected chi connectivity index (χ4v) is 2.93. The zero-order valence-electron chi connectivity index (χ0n) is 12.8. The Hall–Kier alpha value is -0.650. The molecule has 5 heteroatoms. The Morgan fingerprint density at radius 2 is 2.05 bits per heavy atom. The molecule has 20 heavy (non-hydrogen) atoms. The van der Waals surface area contributed by atoms with Crippen molar-refractivity contribution in [2.45, 2.75) is 38.6 Å². The third-order valence-electron chi connectivity index (χ3n) is 4.18. The van der Waals surface area contributed by atoms with Gasteiger partial charge in [-0.15, -0.1) is 0 Å². The van der Waals surface area contributed by atoms with Crippen LogP contribution in [0.3, 0.4) is 0 Å². The number of esters is 1. The van der Waals surface area contributed by atoms with Crippen molar-refractivity contribution >= 4 is 5.97 Å². The van der Waals surface area contributed by atoms with Gasteiger partial charge in [0.05, 0.1) is 19.8 Å². The predicted molar refractivity (Wildman–Crippen MR) is 77.6 cm³/mol. The lowest BCUT2D eigenvalue weighted by Gasteiger charge is -2.39. The van der Waals surface area contributed by atoms with Crippen molar-refractivity contribution in [3.63, 3.8) is 0 Å². The van der Waals surface area contributed by atoms with E-state index in [4.69, 9.17) is 9.47 Å². The third kappa shape index (κ3) is 3.71. The van der Waals surface area contributed by atoms with Crippen LogP contribution >= 0.6 is 0 Å². The standard InChI is InChI=1S/C15H28N2O3/c1-3-7-16-15(13-5-6-13,14(18)20-4-2)12-17-8-10-19-11-9-17/h13,16H,3-12H2,1-2H3. The first-order valence-corrected chi connectivity index (χ1v) is 7.95. The van der Waals surface area contributed by atoms with Crippen LogP contribution in [-0.2, 0) is 14.3 Å². The van der Waals surface area contributed by atoms with Crippen molar-refractivity contribution in [2.75, 3.05) is 46.0 Å². The molecule has 1 saturated heterocycles. The number of hydrogen-bond acceptors (Lipinski definition) is 5. The second kappa shape index (κ2) is 7.38. The maximum Gasteiger partial charge on any atom is 0.327 e. The second-order valence-corrected chi connectivity index (χ2v) is 5.78. The van der Waals surface area contributed by atoms with Crippen molar-refractivity contribution in [3.8, 4) is 0 Å². The van der Waals surface area contributed by atoms with Crippen molar-refractivity contribution in [2.24, 2.45) is 5.92 Å². The zero-order valence-corrected chi connectivity index (χ0v) is 12.8. The van der Waals surface area contributed by atoms with Gasteiger partial charge in [0, 0.05) is 19.6 Å². The monoisotopic (exact) mass is 284 g/mol. The Morgan fingerprint density at radius 3 is 2.60 bits per heavy atom. The molecule has 1 heterocycles. The summed E-state index contributed by atoms with van der Waals surface area (Å²) in [7, 11) is 0. The highest BCUT2D eigenvalue weighted by Crippen LogP contribution is 2.41. The lowest BCUT2D eigenvalue weighted by molar-refractivity contribution is -0.154. The summed E-state index contributed by atoms with van der Waals surface area (Å²) in [6.45, 7) is 9.40. The normalized spacial score (nSPS) is 23.3. The highest BCUT2D eigenvalue weighted by atomic mass is 16.5. The topological polar surface area (TPSA) is 50.8 Å². The first-order chi connectivity index (χ1) is 9.73. The van der Waals surface area contributed by atoms with E-state index in [9.17, 15) is 4.79 Å². The Kier molecular flexibility index (Phi) is 5.81. The number of carbonyl (C=O) groups is 1. The molecule has 0 aromatic heterocycles. The maximum absolute atomic E-state index is 12.6. The average Bonchev–Trinajstić information content (AvgIpc) is 3.30. The Labute approximate surface area is 122 Å². The van der Waals surface area contributed by atoms with Crippen LogP contribution in [0, 0.1) is 5.92 Å². The number of nitrogens with one attached hydrogen (secondary N) is 1. The summed E-state index contributed by atoms with van der Waals surface area (Å²) in [5, 5.41) is 3.52. The molecular weight excluding hydrogens is 256 g/mol. The smallest absolute Gasteiger partial charge is 0.327 e. The van der Waals surface area contributed by atoms with Crippen LogP contribution in [0.5, 0.6) is 0 Å². The summed E-state index contributed by atoms with van der Waals surface area (Å²) in [5.41, 5.74) is -0.511. The molecule has 1 aliphatic heterocycles. The Balaban J connectivity index is 2.08. The van der Waals surface area contributed by atoms with Crippen LogP contribution < -0.4 is 5.32 Å². The van der Waals surface area contributed by atoms with E-state index >= 15 is 0 Å². The van der Waals surface area contributed by atoms with Crippen LogP contribution in [0.1, 0.15) is 33.1 Å². The second-order valence-electron chi connectivity index (χ2n) is 5.78. The molecule has 1 aliphatic carbocycles. The minimum absolute atomic E-state index is 0.0672. The minimum Gasteiger partial charge on any atom is -0.465 e. The molecule has 0 bridgehead atoms. The largest absolute Gasteiger partial charge is 0.465 e. The lowest BCUT2D eigenvalue weighted by atomic mass is 9.91. The number of hydrogen-bond donors (Lipinski definition) is 1. The molecule has 2 fully saturated rings. The van der Waals surface area contributed by atoms with E-state index in [1.165, 1.54) is 0 Å². The third-order valence-corrected chi connectivity index (χ3v) is 4.18. The molecule has 5 nitrogen and oxygen atoms in total. The predicted octanol–water partition coefficient (Wildman–Crippen LogP) is 1.03. The van der Waals surface area contributed by atoms with Gasteiger partial charge in [-0.25, -0.2) is 4.79 Å². The highest BCUT2D eigenvalue weighted by molar-refractivity contribution is 5.82. The number of rotatable bonds is 8. The SMILES string of the molecule is CCCNC(CN1CCOCC1)(C(=O)OCC)C1CC1. The number of ether oxygens (including phenoxy) is 2. The fourth-order valence-electron chi connectivity index (χ4n) is 2.93. The van der Waals surface area contributed by atoms with Gasteiger partial charge in [0.15, 0.2) is 0 Å². The van der Waals surface area contributed by atoms with Crippen molar-refractivity contribution in [1.82, 2.24) is 10.2 Å². The molecule has 116 valence electrons. The summed E-state index contributed by atoms with van der Waals surface area (Å²) >= 11 is 0. The molecule has 1 unspecified atom stereocenters. The Bertz CT molecular complexity index is 314. The summed E-state index contributed by atoms with van der Waals surface area (Å²) in [4.78, 5) is 14.9. The molecule has 0 radical (unpaired) electrons. The van der Waals surface area contributed by atoms with Crippen molar-refractivity contribution < 1.29 is 14.3 Å². The van der Waals surface area contributed by atoms with Crippen LogP contribution in [0.4, 0.5) is 0 Å². The molecule has 2 rings (SSSR count). The van der Waals surface area contributed by atoms with Gasteiger partial charge in [-0.05, 0) is 38.6 Å². The van der Waals surface area contributed by atoms with Crippen molar-refractivity contribution in [1.29, 1.82) is 0 Å². The first kappa shape index (κ1) is 15.7. The van der Waals surface area contributed by atoms with E-state index in [0.29, 0.717) is 12.5 Å². The van der Waals surface area contributed by atoms with Gasteiger partial charge in [0.1, 0.15) is 5.54 Å². The number of morpholine rings is 1. The minimum atomic E-state index is -0.511.